The fourth-order valence-electron chi connectivity index (χ4n) is 2.08. The Labute approximate surface area is 119 Å². The molecule has 1 heterocycles. The number of nitrogens with one attached hydrogen (secondary N) is 1. The van der Waals surface area contributed by atoms with E-state index in [2.05, 4.69) is 10.3 Å². The van der Waals surface area contributed by atoms with Crippen molar-refractivity contribution in [3.05, 3.63) is 28.5 Å². The number of aromatic nitrogens is 1. The minimum absolute atomic E-state index is 0.211. The van der Waals surface area contributed by atoms with Crippen molar-refractivity contribution in [2.75, 3.05) is 6.54 Å². The van der Waals surface area contributed by atoms with Gasteiger partial charge in [-0.05, 0) is 38.3 Å². The number of carbonyl (C=O) groups excluding carboxylic acids is 1. The molecule has 0 fully saturated rings. The molecule has 0 aromatic carbocycles. The summed E-state index contributed by atoms with van der Waals surface area (Å²) in [4.78, 5) is 16.0. The average molecular weight is 285 g/mol. The Morgan fingerprint density at radius 3 is 2.68 bits per heavy atom. The highest BCUT2D eigenvalue weighted by Crippen LogP contribution is 2.16. The summed E-state index contributed by atoms with van der Waals surface area (Å²) in [6, 6.07) is 3.18. The SMILES string of the molecule is Cc1cc(C(=O)NCC(C)(O)CC(C)C)cc(Cl)n1. The average Bonchev–Trinajstić information content (AvgIpc) is 2.22. The van der Waals surface area contributed by atoms with E-state index in [0.717, 1.165) is 0 Å². The van der Waals surface area contributed by atoms with Crippen LogP contribution in [-0.4, -0.2) is 28.1 Å². The molecule has 0 bridgehead atoms. The van der Waals surface area contributed by atoms with Crippen molar-refractivity contribution in [3.63, 3.8) is 0 Å². The molecule has 19 heavy (non-hydrogen) atoms. The first-order valence-corrected chi connectivity index (χ1v) is 6.72. The zero-order valence-electron chi connectivity index (χ0n) is 11.8. The van der Waals surface area contributed by atoms with E-state index in [1.54, 1.807) is 19.9 Å². The van der Waals surface area contributed by atoms with Crippen molar-refractivity contribution in [3.8, 4) is 0 Å². The van der Waals surface area contributed by atoms with Crippen LogP contribution in [0.4, 0.5) is 0 Å². The lowest BCUT2D eigenvalue weighted by Crippen LogP contribution is -2.41. The number of nitrogens with zero attached hydrogens (tertiary/aromatic N) is 1. The predicted octanol–water partition coefficient (Wildman–Crippen LogP) is 2.57. The zero-order chi connectivity index (χ0) is 14.6. The molecular weight excluding hydrogens is 264 g/mol. The van der Waals surface area contributed by atoms with Gasteiger partial charge in [0.05, 0.1) is 5.60 Å². The van der Waals surface area contributed by atoms with Gasteiger partial charge in [0.15, 0.2) is 0 Å². The van der Waals surface area contributed by atoms with Crippen LogP contribution in [-0.2, 0) is 0 Å². The smallest absolute Gasteiger partial charge is 0.251 e. The van der Waals surface area contributed by atoms with Gasteiger partial charge in [-0.3, -0.25) is 4.79 Å². The number of carbonyl (C=O) groups is 1. The van der Waals surface area contributed by atoms with Gasteiger partial charge in [-0.25, -0.2) is 4.98 Å². The molecule has 1 amide bonds. The highest BCUT2D eigenvalue weighted by molar-refractivity contribution is 6.29. The third-order valence-electron chi connectivity index (χ3n) is 2.66. The summed E-state index contributed by atoms with van der Waals surface area (Å²) >= 11 is 5.81. The summed E-state index contributed by atoms with van der Waals surface area (Å²) in [6.07, 6.45) is 0.628. The molecule has 106 valence electrons. The fourth-order valence-corrected chi connectivity index (χ4v) is 2.33. The van der Waals surface area contributed by atoms with Crippen molar-refractivity contribution < 1.29 is 9.90 Å². The van der Waals surface area contributed by atoms with Crippen LogP contribution in [0, 0.1) is 12.8 Å². The van der Waals surface area contributed by atoms with Gasteiger partial charge >= 0.3 is 0 Å². The van der Waals surface area contributed by atoms with Crippen LogP contribution in [0.15, 0.2) is 12.1 Å². The normalized spacial score (nSPS) is 14.3. The molecule has 0 radical (unpaired) electrons. The molecule has 1 unspecified atom stereocenters. The maximum atomic E-state index is 12.0. The molecule has 0 aliphatic carbocycles. The van der Waals surface area contributed by atoms with E-state index >= 15 is 0 Å². The van der Waals surface area contributed by atoms with Gasteiger partial charge in [-0.2, -0.15) is 0 Å². The molecule has 0 spiro atoms. The Kier molecular flexibility index (Phi) is 5.32. The first-order chi connectivity index (χ1) is 8.69. The summed E-state index contributed by atoms with van der Waals surface area (Å²) in [6.45, 7) is 7.77. The molecule has 2 N–H and O–H groups in total. The van der Waals surface area contributed by atoms with Crippen LogP contribution in [0.3, 0.4) is 0 Å². The molecule has 1 aromatic rings. The maximum Gasteiger partial charge on any atom is 0.251 e. The number of pyridine rings is 1. The van der Waals surface area contributed by atoms with Crippen LogP contribution < -0.4 is 5.32 Å². The van der Waals surface area contributed by atoms with Crippen molar-refractivity contribution in [1.82, 2.24) is 10.3 Å². The van der Waals surface area contributed by atoms with Crippen molar-refractivity contribution in [2.24, 2.45) is 5.92 Å². The lowest BCUT2D eigenvalue weighted by molar-refractivity contribution is 0.0368. The topological polar surface area (TPSA) is 62.2 Å². The van der Waals surface area contributed by atoms with E-state index in [1.165, 1.54) is 6.07 Å². The minimum atomic E-state index is -0.907. The van der Waals surface area contributed by atoms with Crippen LogP contribution in [0.5, 0.6) is 0 Å². The third-order valence-corrected chi connectivity index (χ3v) is 2.86. The second kappa shape index (κ2) is 6.35. The van der Waals surface area contributed by atoms with Crippen LogP contribution in [0.1, 0.15) is 43.2 Å². The maximum absolute atomic E-state index is 12.0. The van der Waals surface area contributed by atoms with Crippen molar-refractivity contribution in [1.29, 1.82) is 0 Å². The first-order valence-electron chi connectivity index (χ1n) is 6.34. The standard InChI is InChI=1S/C14H21ClN2O2/c1-9(2)7-14(4,19)8-16-13(18)11-5-10(3)17-12(15)6-11/h5-6,9,19H,7-8H2,1-4H3,(H,16,18). The highest BCUT2D eigenvalue weighted by Gasteiger charge is 2.22. The summed E-state index contributed by atoms with van der Waals surface area (Å²) in [5, 5.41) is 13.2. The minimum Gasteiger partial charge on any atom is -0.388 e. The Morgan fingerprint density at radius 1 is 1.53 bits per heavy atom. The Balaban J connectivity index is 2.65. The number of aryl methyl sites for hydroxylation is 1. The summed E-state index contributed by atoms with van der Waals surface area (Å²) in [5.74, 6) is 0.112. The Hall–Kier alpha value is -1.13. The molecule has 1 aromatic heterocycles. The number of hydrogen-bond acceptors (Lipinski definition) is 3. The van der Waals surface area contributed by atoms with Gasteiger partial charge in [0.25, 0.3) is 5.91 Å². The fraction of sp³-hybridized carbons (Fsp3) is 0.571. The molecular formula is C14H21ClN2O2. The molecule has 0 saturated heterocycles. The second-order valence-electron chi connectivity index (χ2n) is 5.60. The van der Waals surface area contributed by atoms with Gasteiger partial charge in [-0.1, -0.05) is 25.4 Å². The highest BCUT2D eigenvalue weighted by atomic mass is 35.5. The molecule has 0 aliphatic rings. The quantitative estimate of drug-likeness (QED) is 0.817. The van der Waals surface area contributed by atoms with Crippen LogP contribution in [0.2, 0.25) is 5.15 Å². The summed E-state index contributed by atoms with van der Waals surface area (Å²) < 4.78 is 0. The van der Waals surface area contributed by atoms with Gasteiger partial charge < -0.3 is 10.4 Å². The largest absolute Gasteiger partial charge is 0.388 e. The van der Waals surface area contributed by atoms with E-state index in [9.17, 15) is 9.90 Å². The van der Waals surface area contributed by atoms with E-state index in [4.69, 9.17) is 11.6 Å². The van der Waals surface area contributed by atoms with Crippen LogP contribution >= 0.6 is 11.6 Å². The summed E-state index contributed by atoms with van der Waals surface area (Å²) in [7, 11) is 0. The molecule has 1 atom stereocenters. The van der Waals surface area contributed by atoms with Crippen molar-refractivity contribution >= 4 is 17.5 Å². The Morgan fingerprint density at radius 2 is 2.16 bits per heavy atom. The van der Waals surface area contributed by atoms with E-state index < -0.39 is 5.60 Å². The molecule has 0 aliphatic heterocycles. The first kappa shape index (κ1) is 15.9. The van der Waals surface area contributed by atoms with E-state index in [-0.39, 0.29) is 12.5 Å². The molecule has 1 rings (SSSR count). The lowest BCUT2D eigenvalue weighted by Gasteiger charge is -2.25. The molecule has 0 saturated carbocycles. The van der Waals surface area contributed by atoms with E-state index in [0.29, 0.717) is 28.7 Å². The zero-order valence-corrected chi connectivity index (χ0v) is 12.6. The number of halogens is 1. The molecule has 4 nitrogen and oxygen atoms in total. The Bertz CT molecular complexity index is 439. The van der Waals surface area contributed by atoms with Gasteiger partial charge in [0.1, 0.15) is 5.15 Å². The van der Waals surface area contributed by atoms with Gasteiger partial charge in [0.2, 0.25) is 0 Å². The molecule has 5 heteroatoms. The predicted molar refractivity (Wildman–Crippen MR) is 76.4 cm³/mol. The van der Waals surface area contributed by atoms with Crippen LogP contribution in [0.25, 0.3) is 0 Å². The second-order valence-corrected chi connectivity index (χ2v) is 5.98. The number of hydrogen-bond donors (Lipinski definition) is 2. The van der Waals surface area contributed by atoms with E-state index in [1.807, 2.05) is 13.8 Å². The van der Waals surface area contributed by atoms with Crippen molar-refractivity contribution in [2.45, 2.75) is 39.7 Å². The number of aliphatic hydroxyl groups is 1. The monoisotopic (exact) mass is 284 g/mol. The summed E-state index contributed by atoms with van der Waals surface area (Å²) in [5.41, 5.74) is 0.236. The van der Waals surface area contributed by atoms with Gasteiger partial charge in [-0.15, -0.1) is 0 Å². The number of amides is 1. The lowest BCUT2D eigenvalue weighted by atomic mass is 9.94. The number of rotatable bonds is 5. The van der Waals surface area contributed by atoms with Gasteiger partial charge in [0, 0.05) is 17.8 Å². The third kappa shape index (κ3) is 5.57.